The van der Waals surface area contributed by atoms with Crippen molar-refractivity contribution in [1.29, 1.82) is 0 Å². The number of aromatic nitrogens is 2. The third-order valence-electron chi connectivity index (χ3n) is 7.62. The van der Waals surface area contributed by atoms with Gasteiger partial charge >= 0.3 is 0 Å². The molecule has 6 rings (SSSR count). The van der Waals surface area contributed by atoms with Crippen LogP contribution in [0.3, 0.4) is 0 Å². The second-order valence-corrected chi connectivity index (χ2v) is 10.4. The van der Waals surface area contributed by atoms with Crippen LogP contribution in [0.4, 0.5) is 17.2 Å². The lowest BCUT2D eigenvalue weighted by Crippen LogP contribution is -2.52. The summed E-state index contributed by atoms with van der Waals surface area (Å²) in [6.07, 6.45) is 1.000. The Labute approximate surface area is 247 Å². The summed E-state index contributed by atoms with van der Waals surface area (Å²) in [6.45, 7) is 4.59. The minimum Gasteiger partial charge on any atom is -0.507 e. The van der Waals surface area contributed by atoms with E-state index in [0.29, 0.717) is 35.4 Å². The highest BCUT2D eigenvalue weighted by Gasteiger charge is 2.39. The van der Waals surface area contributed by atoms with Gasteiger partial charge in [0.25, 0.3) is 5.91 Å². The molecule has 3 amide bonds. The fourth-order valence-electron chi connectivity index (χ4n) is 5.40. The molecule has 1 atom stereocenters. The van der Waals surface area contributed by atoms with Crippen LogP contribution in [0.15, 0.2) is 66.7 Å². The molecule has 0 aliphatic carbocycles. The highest BCUT2D eigenvalue weighted by Crippen LogP contribution is 2.35. The lowest BCUT2D eigenvalue weighted by atomic mass is 10.0. The molecule has 0 spiro atoms. The Morgan fingerprint density at radius 3 is 2.65 bits per heavy atom. The van der Waals surface area contributed by atoms with Gasteiger partial charge in [-0.3, -0.25) is 19.7 Å². The molecule has 0 saturated carbocycles. The van der Waals surface area contributed by atoms with Gasteiger partial charge in [-0.05, 0) is 54.8 Å². The molecular formula is C32H29N6O5. The van der Waals surface area contributed by atoms with Crippen LogP contribution in [0.1, 0.15) is 39.9 Å². The van der Waals surface area contributed by atoms with E-state index in [1.54, 1.807) is 42.5 Å². The number of nitrogens with one attached hydrogen (secondary N) is 2. The summed E-state index contributed by atoms with van der Waals surface area (Å²) in [5.74, 6) is -0.446. The molecule has 3 aromatic carbocycles. The van der Waals surface area contributed by atoms with Crippen molar-refractivity contribution >= 4 is 34.9 Å². The first-order valence-corrected chi connectivity index (χ1v) is 13.8. The second kappa shape index (κ2) is 11.4. The fraction of sp³-hybridized carbons (Fsp3) is 0.188. The highest BCUT2D eigenvalue weighted by molar-refractivity contribution is 6.06. The number of anilines is 3. The minimum atomic E-state index is -0.692. The van der Waals surface area contributed by atoms with E-state index in [4.69, 9.17) is 10.5 Å². The Morgan fingerprint density at radius 1 is 1.02 bits per heavy atom. The van der Waals surface area contributed by atoms with E-state index in [2.05, 4.69) is 27.8 Å². The Kier molecular flexibility index (Phi) is 7.37. The summed E-state index contributed by atoms with van der Waals surface area (Å²) in [4.78, 5) is 38.9. The van der Waals surface area contributed by atoms with E-state index in [1.807, 2.05) is 24.3 Å². The van der Waals surface area contributed by atoms with Crippen molar-refractivity contribution in [2.45, 2.75) is 31.8 Å². The first-order chi connectivity index (χ1) is 20.8. The van der Waals surface area contributed by atoms with Crippen LogP contribution >= 0.6 is 0 Å². The quantitative estimate of drug-likeness (QED) is 0.229. The van der Waals surface area contributed by atoms with E-state index in [-0.39, 0.29) is 43.0 Å². The van der Waals surface area contributed by atoms with Crippen molar-refractivity contribution in [3.05, 3.63) is 95.9 Å². The molecule has 5 N–H and O–H groups in total. The standard InChI is InChI=1S/C32H29N6O5/c1-18-9-10-19(13-14-43-28-16-25(36-37-30(28)33)21-5-2-3-8-27(21)39)24(15-18)34-23-7-4-6-20-22(23)17-38(32(20)42)26-11-12-29(40)35-31(26)41/h2-10,15-16,26,34,39H,1,11-14,17H2,(H2,33,37)(H,35,40,41). The SMILES string of the molecule is [CH2]c1ccc(CCOc2cc(-c3ccccc3O)nnc2N)c(Nc2cccc3c2CN(C2CCC(=O)NC2=O)C3=O)c1. The van der Waals surface area contributed by atoms with Gasteiger partial charge in [-0.1, -0.05) is 30.3 Å². The molecule has 3 heterocycles. The van der Waals surface area contributed by atoms with Crippen LogP contribution in [0.2, 0.25) is 0 Å². The van der Waals surface area contributed by atoms with Crippen molar-refractivity contribution in [3.8, 4) is 22.8 Å². The summed E-state index contributed by atoms with van der Waals surface area (Å²) in [6, 6.07) is 19.0. The number of benzene rings is 3. The van der Waals surface area contributed by atoms with Crippen LogP contribution in [0.25, 0.3) is 11.3 Å². The zero-order valence-corrected chi connectivity index (χ0v) is 23.2. The molecule has 1 unspecified atom stereocenters. The second-order valence-electron chi connectivity index (χ2n) is 10.4. The van der Waals surface area contributed by atoms with Gasteiger partial charge < -0.3 is 25.8 Å². The Bertz CT molecular complexity index is 1760. The maximum atomic E-state index is 13.3. The summed E-state index contributed by atoms with van der Waals surface area (Å²) in [7, 11) is 0. The third kappa shape index (κ3) is 5.56. The molecule has 4 aromatic rings. The lowest BCUT2D eigenvalue weighted by molar-refractivity contribution is -0.136. The van der Waals surface area contributed by atoms with Gasteiger partial charge in [-0.25, -0.2) is 0 Å². The lowest BCUT2D eigenvalue weighted by Gasteiger charge is -2.29. The van der Waals surface area contributed by atoms with E-state index in [9.17, 15) is 19.5 Å². The number of hydrogen-bond donors (Lipinski definition) is 4. The number of phenolic OH excluding ortho intramolecular Hbond substituents is 1. The molecule has 2 aliphatic heterocycles. The van der Waals surface area contributed by atoms with Gasteiger partial charge in [-0.15, -0.1) is 10.2 Å². The van der Waals surface area contributed by atoms with E-state index >= 15 is 0 Å². The highest BCUT2D eigenvalue weighted by atomic mass is 16.5. The van der Waals surface area contributed by atoms with Crippen LogP contribution in [0.5, 0.6) is 11.5 Å². The number of carbonyl (C=O) groups excluding carboxylic acids is 3. The summed E-state index contributed by atoms with van der Waals surface area (Å²) < 4.78 is 6.00. The molecule has 43 heavy (non-hydrogen) atoms. The number of nitrogens with two attached hydrogens (primary N) is 1. The molecular weight excluding hydrogens is 548 g/mol. The zero-order valence-electron chi connectivity index (χ0n) is 23.2. The topological polar surface area (TPSA) is 160 Å². The van der Waals surface area contributed by atoms with Crippen LogP contribution < -0.4 is 21.1 Å². The number of fused-ring (bicyclic) bond motifs is 1. The summed E-state index contributed by atoms with van der Waals surface area (Å²) in [5, 5.41) is 24.1. The predicted octanol–water partition coefficient (Wildman–Crippen LogP) is 3.74. The molecule has 1 saturated heterocycles. The van der Waals surface area contributed by atoms with E-state index in [1.165, 1.54) is 4.90 Å². The van der Waals surface area contributed by atoms with Crippen molar-refractivity contribution in [2.75, 3.05) is 17.7 Å². The summed E-state index contributed by atoms with van der Waals surface area (Å²) >= 11 is 0. The average molecular weight is 578 g/mol. The van der Waals surface area contributed by atoms with E-state index in [0.717, 1.165) is 28.1 Å². The van der Waals surface area contributed by atoms with Crippen LogP contribution in [-0.2, 0) is 22.6 Å². The monoisotopic (exact) mass is 577 g/mol. The normalized spacial score (nSPS) is 16.2. The number of carbonyl (C=O) groups is 3. The predicted molar refractivity (Wildman–Crippen MR) is 159 cm³/mol. The molecule has 11 heteroatoms. The Hall–Kier alpha value is -5.45. The van der Waals surface area contributed by atoms with Gasteiger partial charge in [-0.2, -0.15) is 0 Å². The van der Waals surface area contributed by atoms with Crippen molar-refractivity contribution in [3.63, 3.8) is 0 Å². The Balaban J connectivity index is 1.19. The number of phenols is 1. The number of ether oxygens (including phenoxy) is 1. The minimum absolute atomic E-state index is 0.0748. The van der Waals surface area contributed by atoms with Gasteiger partial charge in [0.05, 0.1) is 6.61 Å². The largest absolute Gasteiger partial charge is 0.507 e. The maximum Gasteiger partial charge on any atom is 0.255 e. The van der Waals surface area contributed by atoms with Gasteiger partial charge in [0, 0.05) is 53.5 Å². The Morgan fingerprint density at radius 2 is 1.84 bits per heavy atom. The zero-order chi connectivity index (χ0) is 30.1. The van der Waals surface area contributed by atoms with Crippen LogP contribution in [-0.4, -0.2) is 50.6 Å². The maximum absolute atomic E-state index is 13.3. The number of rotatable bonds is 8. The number of nitrogens with zero attached hydrogens (tertiary/aromatic N) is 3. The number of amides is 3. The number of nitrogen functional groups attached to an aromatic ring is 1. The molecule has 11 nitrogen and oxygen atoms in total. The van der Waals surface area contributed by atoms with Crippen molar-refractivity contribution in [1.82, 2.24) is 20.4 Å². The molecule has 0 bridgehead atoms. The number of imide groups is 1. The fourth-order valence-corrected chi connectivity index (χ4v) is 5.40. The number of hydrogen-bond acceptors (Lipinski definition) is 9. The molecule has 2 aliphatic rings. The van der Waals surface area contributed by atoms with Gasteiger partial charge in [0.2, 0.25) is 11.8 Å². The van der Waals surface area contributed by atoms with Crippen molar-refractivity contribution in [2.24, 2.45) is 0 Å². The van der Waals surface area contributed by atoms with Crippen molar-refractivity contribution < 1.29 is 24.2 Å². The molecule has 1 radical (unpaired) electrons. The first kappa shape index (κ1) is 27.7. The van der Waals surface area contributed by atoms with Gasteiger partial charge in [0.1, 0.15) is 17.5 Å². The molecule has 217 valence electrons. The van der Waals surface area contributed by atoms with E-state index < -0.39 is 11.9 Å². The molecule has 1 aromatic heterocycles. The van der Waals surface area contributed by atoms with Crippen LogP contribution in [0, 0.1) is 6.92 Å². The number of para-hydroxylation sites is 1. The smallest absolute Gasteiger partial charge is 0.255 e. The number of aromatic hydroxyl groups is 1. The van der Waals surface area contributed by atoms with Gasteiger partial charge in [0.15, 0.2) is 11.6 Å². The number of piperidine rings is 1. The average Bonchev–Trinajstić information content (AvgIpc) is 3.32. The summed E-state index contributed by atoms with van der Waals surface area (Å²) in [5.41, 5.74) is 11.6. The third-order valence-corrected chi connectivity index (χ3v) is 7.62. The first-order valence-electron chi connectivity index (χ1n) is 13.8. The molecule has 1 fully saturated rings.